The number of rotatable bonds is 3. The van der Waals surface area contributed by atoms with Gasteiger partial charge in [-0.05, 0) is 43.9 Å². The molecular weight excluding hydrogens is 158 g/mol. The predicted octanol–water partition coefficient (Wildman–Crippen LogP) is 2.96. The van der Waals surface area contributed by atoms with E-state index in [2.05, 4.69) is 32.9 Å². The van der Waals surface area contributed by atoms with Gasteiger partial charge in [-0.2, -0.15) is 0 Å². The maximum Gasteiger partial charge on any atom is 0.00362 e. The van der Waals surface area contributed by atoms with E-state index in [-0.39, 0.29) is 0 Å². The lowest BCUT2D eigenvalue weighted by molar-refractivity contribution is 0.268. The van der Waals surface area contributed by atoms with Gasteiger partial charge in [0, 0.05) is 6.04 Å². The van der Waals surface area contributed by atoms with E-state index in [9.17, 15) is 0 Å². The van der Waals surface area contributed by atoms with Gasteiger partial charge in [0.05, 0.1) is 0 Å². The van der Waals surface area contributed by atoms with Gasteiger partial charge < -0.3 is 5.73 Å². The Balaban J connectivity index is 2.39. The molecule has 0 spiro atoms. The summed E-state index contributed by atoms with van der Waals surface area (Å²) in [6, 6.07) is 0.345. The van der Waals surface area contributed by atoms with E-state index in [1.165, 1.54) is 19.3 Å². The second-order valence-electron chi connectivity index (χ2n) is 4.75. The summed E-state index contributed by atoms with van der Waals surface area (Å²) in [4.78, 5) is 0. The summed E-state index contributed by atoms with van der Waals surface area (Å²) in [7, 11) is 0. The number of allylic oxidation sites excluding steroid dienone is 2. The monoisotopic (exact) mass is 181 g/mol. The minimum atomic E-state index is 0.345. The highest BCUT2D eigenvalue weighted by molar-refractivity contribution is 4.93. The van der Waals surface area contributed by atoms with Crippen molar-refractivity contribution in [2.24, 2.45) is 23.5 Å². The zero-order valence-electron chi connectivity index (χ0n) is 9.16. The first-order valence-electron chi connectivity index (χ1n) is 5.51. The van der Waals surface area contributed by atoms with Crippen LogP contribution in [0.15, 0.2) is 12.2 Å². The molecule has 4 atom stereocenters. The van der Waals surface area contributed by atoms with Crippen LogP contribution in [0, 0.1) is 17.8 Å². The average molecular weight is 181 g/mol. The van der Waals surface area contributed by atoms with E-state index < -0.39 is 0 Å². The molecule has 76 valence electrons. The number of hydrogen-bond acceptors (Lipinski definition) is 1. The molecule has 0 amide bonds. The second kappa shape index (κ2) is 4.80. The van der Waals surface area contributed by atoms with E-state index in [0.717, 1.165) is 11.8 Å². The smallest absolute Gasteiger partial charge is 0.00362 e. The van der Waals surface area contributed by atoms with E-state index in [4.69, 9.17) is 5.73 Å². The van der Waals surface area contributed by atoms with Crippen molar-refractivity contribution in [1.29, 1.82) is 0 Å². The van der Waals surface area contributed by atoms with Gasteiger partial charge in [-0.3, -0.25) is 0 Å². The summed E-state index contributed by atoms with van der Waals surface area (Å²) < 4.78 is 0. The SMILES string of the molecule is CC(N)C(C)CC1CC=CCC1C. The fourth-order valence-corrected chi connectivity index (χ4v) is 2.03. The lowest BCUT2D eigenvalue weighted by atomic mass is 9.78. The Kier molecular flexibility index (Phi) is 3.98. The minimum Gasteiger partial charge on any atom is -0.328 e. The molecule has 4 unspecified atom stereocenters. The van der Waals surface area contributed by atoms with Crippen LogP contribution in [0.5, 0.6) is 0 Å². The molecule has 1 aliphatic rings. The highest BCUT2D eigenvalue weighted by Gasteiger charge is 2.21. The second-order valence-corrected chi connectivity index (χ2v) is 4.75. The van der Waals surface area contributed by atoms with Crippen LogP contribution in [-0.4, -0.2) is 6.04 Å². The van der Waals surface area contributed by atoms with Gasteiger partial charge in [0.2, 0.25) is 0 Å². The van der Waals surface area contributed by atoms with Gasteiger partial charge in [0.15, 0.2) is 0 Å². The summed E-state index contributed by atoms with van der Waals surface area (Å²) in [5.74, 6) is 2.39. The molecule has 1 aliphatic carbocycles. The summed E-state index contributed by atoms with van der Waals surface area (Å²) >= 11 is 0. The van der Waals surface area contributed by atoms with Crippen LogP contribution in [0.25, 0.3) is 0 Å². The lowest BCUT2D eigenvalue weighted by Gasteiger charge is -2.29. The molecule has 0 heterocycles. The molecule has 0 radical (unpaired) electrons. The zero-order chi connectivity index (χ0) is 9.84. The third-order valence-corrected chi connectivity index (χ3v) is 3.49. The number of nitrogens with two attached hydrogens (primary N) is 1. The summed E-state index contributed by atoms with van der Waals surface area (Å²) in [5.41, 5.74) is 5.88. The fourth-order valence-electron chi connectivity index (χ4n) is 2.03. The van der Waals surface area contributed by atoms with Crippen LogP contribution in [0.1, 0.15) is 40.0 Å². The molecule has 0 fully saturated rings. The van der Waals surface area contributed by atoms with Crippen molar-refractivity contribution >= 4 is 0 Å². The van der Waals surface area contributed by atoms with Crippen LogP contribution in [0.3, 0.4) is 0 Å². The van der Waals surface area contributed by atoms with E-state index in [0.29, 0.717) is 12.0 Å². The van der Waals surface area contributed by atoms with E-state index in [1.54, 1.807) is 0 Å². The molecule has 13 heavy (non-hydrogen) atoms. The van der Waals surface area contributed by atoms with Crippen LogP contribution in [-0.2, 0) is 0 Å². The fraction of sp³-hybridized carbons (Fsp3) is 0.833. The van der Waals surface area contributed by atoms with Crippen molar-refractivity contribution in [2.75, 3.05) is 0 Å². The largest absolute Gasteiger partial charge is 0.328 e. The molecule has 0 saturated carbocycles. The Morgan fingerprint density at radius 1 is 1.31 bits per heavy atom. The van der Waals surface area contributed by atoms with Gasteiger partial charge in [0.25, 0.3) is 0 Å². The Morgan fingerprint density at radius 3 is 2.46 bits per heavy atom. The molecule has 0 aromatic rings. The van der Waals surface area contributed by atoms with Gasteiger partial charge in [-0.25, -0.2) is 0 Å². The molecule has 0 saturated heterocycles. The normalized spacial score (nSPS) is 32.9. The van der Waals surface area contributed by atoms with Crippen LogP contribution in [0.4, 0.5) is 0 Å². The van der Waals surface area contributed by atoms with Gasteiger partial charge in [-0.15, -0.1) is 0 Å². The number of hydrogen-bond donors (Lipinski definition) is 1. The maximum atomic E-state index is 5.88. The summed E-state index contributed by atoms with van der Waals surface area (Å²) in [6.45, 7) is 6.76. The zero-order valence-corrected chi connectivity index (χ0v) is 9.16. The van der Waals surface area contributed by atoms with Crippen molar-refractivity contribution < 1.29 is 0 Å². The molecule has 1 heteroatoms. The minimum absolute atomic E-state index is 0.345. The average Bonchev–Trinajstić information content (AvgIpc) is 2.08. The Bertz CT molecular complexity index is 172. The third-order valence-electron chi connectivity index (χ3n) is 3.49. The van der Waals surface area contributed by atoms with E-state index in [1.807, 2.05) is 0 Å². The highest BCUT2D eigenvalue weighted by Crippen LogP contribution is 2.30. The molecule has 0 aliphatic heterocycles. The van der Waals surface area contributed by atoms with Crippen LogP contribution < -0.4 is 5.73 Å². The van der Waals surface area contributed by atoms with Crippen molar-refractivity contribution in [2.45, 2.75) is 46.1 Å². The molecule has 0 aromatic carbocycles. The molecule has 1 rings (SSSR count). The van der Waals surface area contributed by atoms with Crippen molar-refractivity contribution in [3.8, 4) is 0 Å². The van der Waals surface area contributed by atoms with Crippen molar-refractivity contribution in [3.63, 3.8) is 0 Å². The molecule has 0 aromatic heterocycles. The van der Waals surface area contributed by atoms with E-state index >= 15 is 0 Å². The predicted molar refractivity (Wildman–Crippen MR) is 58.5 cm³/mol. The summed E-state index contributed by atoms with van der Waals surface area (Å²) in [5, 5.41) is 0. The molecular formula is C12H23N. The Morgan fingerprint density at radius 2 is 1.92 bits per heavy atom. The highest BCUT2D eigenvalue weighted by atomic mass is 14.6. The topological polar surface area (TPSA) is 26.0 Å². The first-order chi connectivity index (χ1) is 6.11. The first kappa shape index (κ1) is 10.8. The molecule has 1 nitrogen and oxygen atoms in total. The quantitative estimate of drug-likeness (QED) is 0.666. The van der Waals surface area contributed by atoms with Gasteiger partial charge in [0.1, 0.15) is 0 Å². The van der Waals surface area contributed by atoms with Crippen LogP contribution >= 0.6 is 0 Å². The standard InChI is InChI=1S/C12H23N/c1-9-6-4-5-7-12(9)8-10(2)11(3)13/h4-5,9-12H,6-8,13H2,1-3H3. The Labute approximate surface area is 82.4 Å². The lowest BCUT2D eigenvalue weighted by Crippen LogP contribution is -2.28. The Hall–Kier alpha value is -0.300. The van der Waals surface area contributed by atoms with Gasteiger partial charge in [-0.1, -0.05) is 26.0 Å². The summed E-state index contributed by atoms with van der Waals surface area (Å²) in [6.07, 6.45) is 8.47. The first-order valence-corrected chi connectivity index (χ1v) is 5.51. The van der Waals surface area contributed by atoms with Crippen LogP contribution in [0.2, 0.25) is 0 Å². The van der Waals surface area contributed by atoms with Crippen molar-refractivity contribution in [3.05, 3.63) is 12.2 Å². The molecule has 0 bridgehead atoms. The van der Waals surface area contributed by atoms with Crippen molar-refractivity contribution in [1.82, 2.24) is 0 Å². The maximum absolute atomic E-state index is 5.88. The van der Waals surface area contributed by atoms with Gasteiger partial charge >= 0.3 is 0 Å². The third kappa shape index (κ3) is 3.15. The molecule has 2 N–H and O–H groups in total.